The standard InChI is InChI=1S/C8H16O4/c1-4-5-8(2,3)12-11-7(10)6-9/h9H,4-6H2,1-3H3. The number of hydrogen-bond acceptors (Lipinski definition) is 4. The Hall–Kier alpha value is -0.610. The van der Waals surface area contributed by atoms with Crippen molar-refractivity contribution in [2.45, 2.75) is 39.2 Å². The first kappa shape index (κ1) is 11.4. The molecule has 0 radical (unpaired) electrons. The lowest BCUT2D eigenvalue weighted by molar-refractivity contribution is -0.327. The topological polar surface area (TPSA) is 55.8 Å². The van der Waals surface area contributed by atoms with Crippen molar-refractivity contribution in [1.82, 2.24) is 0 Å². The number of carbonyl (C=O) groups excluding carboxylic acids is 1. The molecule has 4 heteroatoms. The quantitative estimate of drug-likeness (QED) is 0.502. The predicted octanol–water partition coefficient (Wildman–Crippen LogP) is 1.03. The van der Waals surface area contributed by atoms with Gasteiger partial charge in [-0.2, -0.15) is 4.89 Å². The molecule has 1 N–H and O–H groups in total. The van der Waals surface area contributed by atoms with Gasteiger partial charge in [-0.25, -0.2) is 4.79 Å². The van der Waals surface area contributed by atoms with Crippen molar-refractivity contribution in [1.29, 1.82) is 0 Å². The van der Waals surface area contributed by atoms with Gasteiger partial charge in [0.1, 0.15) is 12.2 Å². The number of rotatable bonds is 5. The van der Waals surface area contributed by atoms with Gasteiger partial charge in [-0.15, -0.1) is 0 Å². The minimum absolute atomic E-state index is 0.473. The van der Waals surface area contributed by atoms with Crippen molar-refractivity contribution >= 4 is 5.97 Å². The summed E-state index contributed by atoms with van der Waals surface area (Å²) in [7, 11) is 0. The van der Waals surface area contributed by atoms with E-state index in [1.807, 2.05) is 20.8 Å². The monoisotopic (exact) mass is 176 g/mol. The second kappa shape index (κ2) is 5.11. The van der Waals surface area contributed by atoms with E-state index in [0.29, 0.717) is 0 Å². The van der Waals surface area contributed by atoms with E-state index in [1.165, 1.54) is 0 Å². The summed E-state index contributed by atoms with van der Waals surface area (Å²) in [6, 6.07) is 0. The zero-order valence-corrected chi connectivity index (χ0v) is 7.79. The summed E-state index contributed by atoms with van der Waals surface area (Å²) in [5.41, 5.74) is -0.473. The van der Waals surface area contributed by atoms with Gasteiger partial charge in [0.05, 0.1) is 0 Å². The number of hydrogen-bond donors (Lipinski definition) is 1. The van der Waals surface area contributed by atoms with Gasteiger partial charge < -0.3 is 5.11 Å². The Morgan fingerprint density at radius 1 is 1.50 bits per heavy atom. The van der Waals surface area contributed by atoms with Crippen molar-refractivity contribution in [3.05, 3.63) is 0 Å². The number of aliphatic hydroxyl groups excluding tert-OH is 1. The Kier molecular flexibility index (Phi) is 4.85. The third-order valence-corrected chi connectivity index (χ3v) is 1.34. The Balaban J connectivity index is 3.67. The van der Waals surface area contributed by atoms with Crippen LogP contribution in [0.5, 0.6) is 0 Å². The van der Waals surface area contributed by atoms with Gasteiger partial charge >= 0.3 is 5.97 Å². The molecule has 0 unspecified atom stereocenters. The SMILES string of the molecule is CCCC(C)(C)OOC(=O)CO. The van der Waals surface area contributed by atoms with E-state index >= 15 is 0 Å². The first-order valence-corrected chi connectivity index (χ1v) is 4.01. The molecule has 0 aliphatic heterocycles. The highest BCUT2D eigenvalue weighted by atomic mass is 17.2. The molecule has 0 amide bonds. The maximum atomic E-state index is 10.5. The van der Waals surface area contributed by atoms with Crippen LogP contribution in [0.15, 0.2) is 0 Å². The maximum absolute atomic E-state index is 10.5. The Morgan fingerprint density at radius 3 is 2.50 bits per heavy atom. The van der Waals surface area contributed by atoms with Gasteiger partial charge in [-0.3, -0.25) is 4.89 Å². The molecule has 0 spiro atoms. The first-order chi connectivity index (χ1) is 5.52. The van der Waals surface area contributed by atoms with Crippen molar-refractivity contribution in [3.63, 3.8) is 0 Å². The van der Waals surface area contributed by atoms with E-state index < -0.39 is 18.2 Å². The molecule has 0 aromatic carbocycles. The highest BCUT2D eigenvalue weighted by Crippen LogP contribution is 2.16. The molecule has 0 saturated carbocycles. The zero-order chi connectivity index (χ0) is 9.61. The second-order valence-corrected chi connectivity index (χ2v) is 3.21. The van der Waals surface area contributed by atoms with E-state index in [4.69, 9.17) is 9.99 Å². The minimum Gasteiger partial charge on any atom is -0.385 e. The van der Waals surface area contributed by atoms with Crippen LogP contribution in [0.3, 0.4) is 0 Å². The van der Waals surface area contributed by atoms with Gasteiger partial charge in [0, 0.05) is 0 Å². The van der Waals surface area contributed by atoms with Crippen LogP contribution in [0.2, 0.25) is 0 Å². The fourth-order valence-corrected chi connectivity index (χ4v) is 0.829. The van der Waals surface area contributed by atoms with Crippen molar-refractivity contribution in [2.24, 2.45) is 0 Å². The summed E-state index contributed by atoms with van der Waals surface area (Å²) in [5.74, 6) is -0.765. The van der Waals surface area contributed by atoms with Crippen LogP contribution in [-0.4, -0.2) is 23.3 Å². The molecule has 12 heavy (non-hydrogen) atoms. The molecule has 72 valence electrons. The van der Waals surface area contributed by atoms with Crippen LogP contribution in [0.25, 0.3) is 0 Å². The highest BCUT2D eigenvalue weighted by Gasteiger charge is 2.20. The van der Waals surface area contributed by atoms with E-state index in [-0.39, 0.29) is 0 Å². The van der Waals surface area contributed by atoms with Crippen LogP contribution >= 0.6 is 0 Å². The molecule has 0 aromatic rings. The number of aliphatic hydroxyl groups is 1. The number of carbonyl (C=O) groups is 1. The largest absolute Gasteiger partial charge is 0.385 e. The normalized spacial score (nSPS) is 11.3. The van der Waals surface area contributed by atoms with Crippen molar-refractivity contribution in [3.8, 4) is 0 Å². The zero-order valence-electron chi connectivity index (χ0n) is 7.79. The summed E-state index contributed by atoms with van der Waals surface area (Å²) in [6.07, 6.45) is 1.75. The lowest BCUT2D eigenvalue weighted by Gasteiger charge is -2.21. The van der Waals surface area contributed by atoms with Crippen LogP contribution in [0.1, 0.15) is 33.6 Å². The van der Waals surface area contributed by atoms with Crippen LogP contribution in [0.4, 0.5) is 0 Å². The van der Waals surface area contributed by atoms with E-state index in [0.717, 1.165) is 12.8 Å². The fraction of sp³-hybridized carbons (Fsp3) is 0.875. The summed E-state index contributed by atoms with van der Waals surface area (Å²) in [5, 5.41) is 8.31. The summed E-state index contributed by atoms with van der Waals surface area (Å²) in [4.78, 5) is 19.6. The molecular weight excluding hydrogens is 160 g/mol. The highest BCUT2D eigenvalue weighted by molar-refractivity contribution is 5.69. The van der Waals surface area contributed by atoms with Gasteiger partial charge in [0.25, 0.3) is 0 Å². The summed E-state index contributed by atoms with van der Waals surface area (Å²) >= 11 is 0. The third kappa shape index (κ3) is 5.09. The Morgan fingerprint density at radius 2 is 2.08 bits per heavy atom. The van der Waals surface area contributed by atoms with E-state index in [2.05, 4.69) is 4.89 Å². The van der Waals surface area contributed by atoms with Gasteiger partial charge in [-0.1, -0.05) is 13.3 Å². The lowest BCUT2D eigenvalue weighted by Crippen LogP contribution is -2.26. The molecule has 0 aromatic heterocycles. The molecule has 0 bridgehead atoms. The van der Waals surface area contributed by atoms with Crippen LogP contribution in [0, 0.1) is 0 Å². The Bertz CT molecular complexity index is 142. The van der Waals surface area contributed by atoms with Crippen molar-refractivity contribution < 1.29 is 19.7 Å². The molecular formula is C8H16O4. The molecule has 0 saturated heterocycles. The van der Waals surface area contributed by atoms with Crippen LogP contribution < -0.4 is 0 Å². The fourth-order valence-electron chi connectivity index (χ4n) is 0.829. The average Bonchev–Trinajstić information content (AvgIpc) is 2.00. The van der Waals surface area contributed by atoms with Gasteiger partial charge in [0.2, 0.25) is 0 Å². The second-order valence-electron chi connectivity index (χ2n) is 3.21. The molecule has 0 aliphatic carbocycles. The molecule has 0 atom stereocenters. The van der Waals surface area contributed by atoms with Crippen molar-refractivity contribution in [2.75, 3.05) is 6.61 Å². The molecule has 0 fully saturated rings. The average molecular weight is 176 g/mol. The maximum Gasteiger partial charge on any atom is 0.367 e. The summed E-state index contributed by atoms with van der Waals surface area (Å²) < 4.78 is 0. The van der Waals surface area contributed by atoms with Crippen LogP contribution in [-0.2, 0) is 14.6 Å². The van der Waals surface area contributed by atoms with Gasteiger partial charge in [0.15, 0.2) is 0 Å². The minimum atomic E-state index is -0.765. The Labute approximate surface area is 72.4 Å². The molecule has 0 heterocycles. The predicted molar refractivity (Wildman–Crippen MR) is 43.2 cm³/mol. The third-order valence-electron chi connectivity index (χ3n) is 1.34. The molecule has 4 nitrogen and oxygen atoms in total. The smallest absolute Gasteiger partial charge is 0.367 e. The van der Waals surface area contributed by atoms with Gasteiger partial charge in [-0.05, 0) is 20.3 Å². The summed E-state index contributed by atoms with van der Waals surface area (Å²) in [6.45, 7) is 5.00. The van der Waals surface area contributed by atoms with E-state index in [9.17, 15) is 4.79 Å². The molecule has 0 rings (SSSR count). The van der Waals surface area contributed by atoms with E-state index in [1.54, 1.807) is 0 Å². The first-order valence-electron chi connectivity index (χ1n) is 4.01. The lowest BCUT2D eigenvalue weighted by atomic mass is 10.0. The molecule has 0 aliphatic rings.